The van der Waals surface area contributed by atoms with Crippen LogP contribution in [0.25, 0.3) is 5.69 Å². The third kappa shape index (κ3) is 3.92. The minimum atomic E-state index is -0.689. The Labute approximate surface area is 164 Å². The second-order valence-electron chi connectivity index (χ2n) is 6.91. The van der Waals surface area contributed by atoms with E-state index < -0.39 is 17.3 Å². The molecule has 4 rings (SSSR count). The largest absolute Gasteiger partial charge is 0.427 e. The molecule has 2 aromatic heterocycles. The molecule has 0 radical (unpaired) electrons. The van der Waals surface area contributed by atoms with Gasteiger partial charge >= 0.3 is 5.63 Å². The quantitative estimate of drug-likeness (QED) is 0.688. The van der Waals surface area contributed by atoms with Gasteiger partial charge in [0.05, 0.1) is 0 Å². The number of benzene rings is 1. The number of tetrazole rings is 1. The van der Waals surface area contributed by atoms with E-state index in [4.69, 9.17) is 4.42 Å². The number of carbonyl (C=O) groups excluding carboxylic acids is 1. The number of halogens is 1. The first-order chi connectivity index (χ1) is 14.0. The van der Waals surface area contributed by atoms with Gasteiger partial charge in [0, 0.05) is 18.2 Å². The summed E-state index contributed by atoms with van der Waals surface area (Å²) < 4.78 is 20.6. The van der Waals surface area contributed by atoms with Crippen LogP contribution in [0.1, 0.15) is 40.4 Å². The summed E-state index contributed by atoms with van der Waals surface area (Å²) in [5.41, 5.74) is 0.122. The van der Waals surface area contributed by atoms with Crippen molar-refractivity contribution < 1.29 is 13.6 Å². The molecule has 1 unspecified atom stereocenters. The van der Waals surface area contributed by atoms with Gasteiger partial charge in [0.25, 0.3) is 5.91 Å². The number of aryl methyl sites for hydroxylation is 1. The van der Waals surface area contributed by atoms with Crippen LogP contribution in [0.5, 0.6) is 0 Å². The molecular formula is C19H19FN6O3. The van der Waals surface area contributed by atoms with Gasteiger partial charge in [-0.05, 0) is 66.6 Å². The molecule has 0 spiro atoms. The van der Waals surface area contributed by atoms with Gasteiger partial charge in [0.1, 0.15) is 29.2 Å². The Kier molecular flexibility index (Phi) is 5.17. The van der Waals surface area contributed by atoms with Crippen LogP contribution in [0, 0.1) is 12.7 Å². The molecule has 3 aromatic rings. The van der Waals surface area contributed by atoms with Crippen LogP contribution in [0.15, 0.2) is 39.8 Å². The summed E-state index contributed by atoms with van der Waals surface area (Å²) in [6.45, 7) is 3.39. The van der Waals surface area contributed by atoms with E-state index in [1.807, 2.05) is 0 Å². The van der Waals surface area contributed by atoms with E-state index in [9.17, 15) is 14.0 Å². The zero-order chi connectivity index (χ0) is 20.4. The standard InChI is InChI=1S/C19H19FN6O3/c1-11-7-16(12-3-2-6-21-9-12)29-19(28)17(11)18(27)23-13-4-5-14(20)15(8-13)26-10-22-24-25-26/h4-5,7-8,10,12,21H,2-3,6,9H2,1H3,(H,23,27). The van der Waals surface area contributed by atoms with Crippen molar-refractivity contribution in [1.82, 2.24) is 25.5 Å². The van der Waals surface area contributed by atoms with Crippen molar-refractivity contribution in [3.05, 3.63) is 63.7 Å². The predicted molar refractivity (Wildman–Crippen MR) is 102 cm³/mol. The molecule has 29 heavy (non-hydrogen) atoms. The number of nitrogens with one attached hydrogen (secondary N) is 2. The van der Waals surface area contributed by atoms with Gasteiger partial charge in [-0.15, -0.1) is 5.10 Å². The van der Waals surface area contributed by atoms with Crippen molar-refractivity contribution in [1.29, 1.82) is 0 Å². The highest BCUT2D eigenvalue weighted by Crippen LogP contribution is 2.24. The maximum Gasteiger partial charge on any atom is 0.349 e. The second kappa shape index (κ2) is 7.92. The van der Waals surface area contributed by atoms with Crippen LogP contribution >= 0.6 is 0 Å². The van der Waals surface area contributed by atoms with Crippen molar-refractivity contribution in [2.24, 2.45) is 0 Å². The summed E-state index contributed by atoms with van der Waals surface area (Å²) in [6.07, 6.45) is 3.17. The highest BCUT2D eigenvalue weighted by molar-refractivity contribution is 6.05. The number of piperidine rings is 1. The Balaban J connectivity index is 1.59. The number of hydrogen-bond donors (Lipinski definition) is 2. The molecule has 1 fully saturated rings. The summed E-state index contributed by atoms with van der Waals surface area (Å²) in [7, 11) is 0. The number of carbonyl (C=O) groups is 1. The lowest BCUT2D eigenvalue weighted by molar-refractivity contribution is 0.102. The molecule has 1 aromatic carbocycles. The Bertz CT molecular complexity index is 1090. The molecule has 1 atom stereocenters. The first-order valence-corrected chi connectivity index (χ1v) is 9.22. The Morgan fingerprint density at radius 2 is 2.24 bits per heavy atom. The minimum absolute atomic E-state index is 0.0664. The number of rotatable bonds is 4. The third-order valence-corrected chi connectivity index (χ3v) is 4.89. The van der Waals surface area contributed by atoms with Crippen LogP contribution in [-0.2, 0) is 0 Å². The van der Waals surface area contributed by atoms with E-state index in [0.29, 0.717) is 17.0 Å². The first kappa shape index (κ1) is 18.9. The maximum atomic E-state index is 14.0. The molecule has 2 N–H and O–H groups in total. The predicted octanol–water partition coefficient (Wildman–Crippen LogP) is 1.78. The molecule has 3 heterocycles. The molecule has 0 bridgehead atoms. The lowest BCUT2D eigenvalue weighted by atomic mass is 9.95. The molecule has 0 saturated carbocycles. The van der Waals surface area contributed by atoms with Gasteiger partial charge in [0.15, 0.2) is 0 Å². The molecule has 1 aliphatic heterocycles. The number of aromatic nitrogens is 4. The van der Waals surface area contributed by atoms with Gasteiger partial charge in [-0.3, -0.25) is 4.79 Å². The van der Waals surface area contributed by atoms with Gasteiger partial charge in [-0.1, -0.05) is 0 Å². The van der Waals surface area contributed by atoms with Crippen LogP contribution in [0.2, 0.25) is 0 Å². The summed E-state index contributed by atoms with van der Waals surface area (Å²) in [5, 5.41) is 16.5. The lowest BCUT2D eigenvalue weighted by Crippen LogP contribution is -2.30. The second-order valence-corrected chi connectivity index (χ2v) is 6.91. The van der Waals surface area contributed by atoms with E-state index in [1.54, 1.807) is 13.0 Å². The minimum Gasteiger partial charge on any atom is -0.427 e. The van der Waals surface area contributed by atoms with Gasteiger partial charge in [0.2, 0.25) is 0 Å². The molecule has 1 saturated heterocycles. The number of amides is 1. The monoisotopic (exact) mass is 398 g/mol. The highest BCUT2D eigenvalue weighted by Gasteiger charge is 2.23. The van der Waals surface area contributed by atoms with E-state index in [0.717, 1.165) is 30.6 Å². The summed E-state index contributed by atoms with van der Waals surface area (Å²) in [6, 6.07) is 5.69. The SMILES string of the molecule is Cc1cc(C2CCCNC2)oc(=O)c1C(=O)Nc1ccc(F)c(-n2cnnn2)c1. The number of nitrogens with zero attached hydrogens (tertiary/aromatic N) is 4. The van der Waals surface area contributed by atoms with E-state index in [1.165, 1.54) is 24.5 Å². The zero-order valence-corrected chi connectivity index (χ0v) is 15.7. The van der Waals surface area contributed by atoms with Crippen LogP contribution in [0.4, 0.5) is 10.1 Å². The fourth-order valence-corrected chi connectivity index (χ4v) is 3.43. The van der Waals surface area contributed by atoms with Crippen molar-refractivity contribution in [2.45, 2.75) is 25.7 Å². The van der Waals surface area contributed by atoms with Crippen LogP contribution in [-0.4, -0.2) is 39.2 Å². The van der Waals surface area contributed by atoms with Crippen molar-refractivity contribution >= 4 is 11.6 Å². The van der Waals surface area contributed by atoms with Gasteiger partial charge in [-0.25, -0.2) is 9.18 Å². The Hall–Kier alpha value is -3.40. The normalized spacial score (nSPS) is 16.6. The molecule has 1 aliphatic rings. The van der Waals surface area contributed by atoms with E-state index in [2.05, 4.69) is 26.2 Å². The topological polar surface area (TPSA) is 115 Å². The Morgan fingerprint density at radius 1 is 1.38 bits per heavy atom. The van der Waals surface area contributed by atoms with Crippen molar-refractivity contribution in [2.75, 3.05) is 18.4 Å². The molecule has 1 amide bonds. The van der Waals surface area contributed by atoms with E-state index in [-0.39, 0.29) is 17.2 Å². The maximum absolute atomic E-state index is 14.0. The smallest absolute Gasteiger partial charge is 0.349 e. The van der Waals surface area contributed by atoms with Crippen LogP contribution < -0.4 is 16.3 Å². The third-order valence-electron chi connectivity index (χ3n) is 4.89. The molecule has 150 valence electrons. The molecule has 0 aliphatic carbocycles. The lowest BCUT2D eigenvalue weighted by Gasteiger charge is -2.22. The summed E-state index contributed by atoms with van der Waals surface area (Å²) in [5.74, 6) is -0.488. The van der Waals surface area contributed by atoms with Gasteiger partial charge in [-0.2, -0.15) is 4.68 Å². The van der Waals surface area contributed by atoms with Crippen molar-refractivity contribution in [3.8, 4) is 5.69 Å². The van der Waals surface area contributed by atoms with Crippen LogP contribution in [0.3, 0.4) is 0 Å². The molecule has 10 heteroatoms. The fourth-order valence-electron chi connectivity index (χ4n) is 3.43. The fraction of sp³-hybridized carbons (Fsp3) is 0.316. The molecular weight excluding hydrogens is 379 g/mol. The van der Waals surface area contributed by atoms with E-state index >= 15 is 0 Å². The number of anilines is 1. The molecule has 9 nitrogen and oxygen atoms in total. The van der Waals surface area contributed by atoms with Gasteiger partial charge < -0.3 is 15.1 Å². The summed E-state index contributed by atoms with van der Waals surface area (Å²) >= 11 is 0. The Morgan fingerprint density at radius 3 is 2.93 bits per heavy atom. The average molecular weight is 398 g/mol. The number of hydrogen-bond acceptors (Lipinski definition) is 7. The van der Waals surface area contributed by atoms with Crippen molar-refractivity contribution in [3.63, 3.8) is 0 Å². The summed E-state index contributed by atoms with van der Waals surface area (Å²) in [4.78, 5) is 25.2. The average Bonchev–Trinajstić information content (AvgIpc) is 3.24. The first-order valence-electron chi connectivity index (χ1n) is 9.22. The zero-order valence-electron chi connectivity index (χ0n) is 15.7. The highest BCUT2D eigenvalue weighted by atomic mass is 19.1.